The van der Waals surface area contributed by atoms with Gasteiger partial charge in [0.25, 0.3) is 0 Å². The second kappa shape index (κ2) is 5.21. The molecule has 0 bridgehead atoms. The van der Waals surface area contributed by atoms with Gasteiger partial charge in [0, 0.05) is 13.2 Å². The number of rotatable bonds is 3. The van der Waals surface area contributed by atoms with Gasteiger partial charge < -0.3 is 11.1 Å². The van der Waals surface area contributed by atoms with Crippen LogP contribution in [0.25, 0.3) is 16.8 Å². The zero-order chi connectivity index (χ0) is 12.1. The normalized spacial score (nSPS) is 11.2. The first-order valence-corrected chi connectivity index (χ1v) is 5.60. The molecule has 0 radical (unpaired) electrons. The van der Waals surface area contributed by atoms with Gasteiger partial charge in [-0.3, -0.25) is 0 Å². The summed E-state index contributed by atoms with van der Waals surface area (Å²) in [6, 6.07) is 18.7. The summed E-state index contributed by atoms with van der Waals surface area (Å²) in [5.74, 6) is 0. The topological polar surface area (TPSA) is 38.0 Å². The van der Waals surface area contributed by atoms with Crippen LogP contribution in [0.1, 0.15) is 5.56 Å². The first-order chi connectivity index (χ1) is 8.35. The van der Waals surface area contributed by atoms with Gasteiger partial charge >= 0.3 is 0 Å². The molecule has 0 aliphatic carbocycles. The van der Waals surface area contributed by atoms with E-state index >= 15 is 0 Å². The monoisotopic (exact) mass is 224 g/mol. The van der Waals surface area contributed by atoms with Gasteiger partial charge in [0.2, 0.25) is 0 Å². The molecule has 0 amide bonds. The van der Waals surface area contributed by atoms with Gasteiger partial charge in [0.05, 0.1) is 5.70 Å². The minimum Gasteiger partial charge on any atom is -0.403 e. The molecule has 17 heavy (non-hydrogen) atoms. The van der Waals surface area contributed by atoms with Gasteiger partial charge in [-0.25, -0.2) is 0 Å². The molecule has 0 heterocycles. The summed E-state index contributed by atoms with van der Waals surface area (Å²) in [6.07, 6.45) is 1.58. The summed E-state index contributed by atoms with van der Waals surface area (Å²) in [6.45, 7) is 0. The van der Waals surface area contributed by atoms with E-state index in [1.165, 1.54) is 11.1 Å². The molecule has 0 unspecified atom stereocenters. The minimum absolute atomic E-state index is 0.935. The van der Waals surface area contributed by atoms with Gasteiger partial charge in [0.15, 0.2) is 0 Å². The van der Waals surface area contributed by atoms with Crippen molar-refractivity contribution in [2.45, 2.75) is 0 Å². The molecule has 0 spiro atoms. The van der Waals surface area contributed by atoms with Crippen LogP contribution < -0.4 is 11.1 Å². The molecule has 0 aliphatic heterocycles. The second-order valence-corrected chi connectivity index (χ2v) is 3.77. The lowest BCUT2D eigenvalue weighted by Crippen LogP contribution is -2.06. The van der Waals surface area contributed by atoms with Gasteiger partial charge in [-0.2, -0.15) is 0 Å². The molecule has 0 aromatic heterocycles. The van der Waals surface area contributed by atoms with Crippen LogP contribution in [0.5, 0.6) is 0 Å². The second-order valence-electron chi connectivity index (χ2n) is 3.77. The molecule has 0 atom stereocenters. The van der Waals surface area contributed by atoms with Crippen molar-refractivity contribution < 1.29 is 0 Å². The molecular formula is C15H16N2. The molecule has 3 N–H and O–H groups in total. The molecule has 0 saturated carbocycles. The highest BCUT2D eigenvalue weighted by Gasteiger charge is 2.00. The summed E-state index contributed by atoms with van der Waals surface area (Å²) >= 11 is 0. The van der Waals surface area contributed by atoms with Gasteiger partial charge in [0.1, 0.15) is 0 Å². The fourth-order valence-corrected chi connectivity index (χ4v) is 1.80. The van der Waals surface area contributed by atoms with Crippen molar-refractivity contribution in [3.63, 3.8) is 0 Å². The molecule has 0 fully saturated rings. The van der Waals surface area contributed by atoms with Crippen molar-refractivity contribution in [3.05, 3.63) is 66.4 Å². The van der Waals surface area contributed by atoms with Crippen molar-refractivity contribution in [2.24, 2.45) is 5.73 Å². The van der Waals surface area contributed by atoms with E-state index in [1.54, 1.807) is 6.20 Å². The number of hydrogen-bond acceptors (Lipinski definition) is 2. The lowest BCUT2D eigenvalue weighted by atomic mass is 10.0. The average Bonchev–Trinajstić information content (AvgIpc) is 2.42. The van der Waals surface area contributed by atoms with E-state index in [1.807, 2.05) is 25.2 Å². The Morgan fingerprint density at radius 3 is 2.06 bits per heavy atom. The molecular weight excluding hydrogens is 208 g/mol. The van der Waals surface area contributed by atoms with Crippen LogP contribution in [0.4, 0.5) is 0 Å². The number of hydrogen-bond donors (Lipinski definition) is 2. The lowest BCUT2D eigenvalue weighted by molar-refractivity contribution is 1.12. The number of benzene rings is 2. The van der Waals surface area contributed by atoms with E-state index in [0.29, 0.717) is 0 Å². The van der Waals surface area contributed by atoms with Crippen LogP contribution in [0.3, 0.4) is 0 Å². The van der Waals surface area contributed by atoms with E-state index in [0.717, 1.165) is 11.3 Å². The summed E-state index contributed by atoms with van der Waals surface area (Å²) in [5.41, 5.74) is 10.0. The lowest BCUT2D eigenvalue weighted by Gasteiger charge is -2.07. The van der Waals surface area contributed by atoms with Crippen molar-refractivity contribution in [1.82, 2.24) is 5.32 Å². The number of nitrogens with one attached hydrogen (secondary N) is 1. The van der Waals surface area contributed by atoms with Crippen LogP contribution in [0.15, 0.2) is 60.8 Å². The Bertz CT molecular complexity index is 498. The van der Waals surface area contributed by atoms with Crippen LogP contribution in [-0.2, 0) is 0 Å². The van der Waals surface area contributed by atoms with E-state index in [9.17, 15) is 0 Å². The van der Waals surface area contributed by atoms with Crippen LogP contribution >= 0.6 is 0 Å². The smallest absolute Gasteiger partial charge is 0.0568 e. The fourth-order valence-electron chi connectivity index (χ4n) is 1.80. The predicted octanol–water partition coefficient (Wildman–Crippen LogP) is 2.83. The highest BCUT2D eigenvalue weighted by molar-refractivity contribution is 5.69. The van der Waals surface area contributed by atoms with Gasteiger partial charge in [-0.15, -0.1) is 0 Å². The maximum Gasteiger partial charge on any atom is 0.0568 e. The first kappa shape index (κ1) is 11.3. The third-order valence-corrected chi connectivity index (χ3v) is 2.74. The molecule has 86 valence electrons. The fraction of sp³-hybridized carbons (Fsp3) is 0.0667. The quantitative estimate of drug-likeness (QED) is 0.841. The molecule has 2 aromatic carbocycles. The standard InChI is InChI=1S/C15H16N2/c1-17-15(11-16)14-9-7-13(8-10-14)12-5-3-2-4-6-12/h2-11,17H,16H2,1H3/b15-11-. The SMILES string of the molecule is CN/C(=C\N)c1ccc(-c2ccccc2)cc1. The Hall–Kier alpha value is -2.22. The third kappa shape index (κ3) is 2.48. The van der Waals surface area contributed by atoms with E-state index in [4.69, 9.17) is 5.73 Å². The van der Waals surface area contributed by atoms with E-state index in [2.05, 4.69) is 41.7 Å². The first-order valence-electron chi connectivity index (χ1n) is 5.60. The van der Waals surface area contributed by atoms with E-state index < -0.39 is 0 Å². The average molecular weight is 224 g/mol. The predicted molar refractivity (Wildman–Crippen MR) is 73.1 cm³/mol. The Morgan fingerprint density at radius 1 is 0.941 bits per heavy atom. The molecule has 0 saturated heterocycles. The Kier molecular flexibility index (Phi) is 3.46. The largest absolute Gasteiger partial charge is 0.403 e. The van der Waals surface area contributed by atoms with Crippen molar-refractivity contribution in [2.75, 3.05) is 7.05 Å². The van der Waals surface area contributed by atoms with Gasteiger partial charge in [-0.05, 0) is 16.7 Å². The maximum absolute atomic E-state index is 5.54. The Balaban J connectivity index is 2.31. The summed E-state index contributed by atoms with van der Waals surface area (Å²) in [4.78, 5) is 0. The highest BCUT2D eigenvalue weighted by Crippen LogP contribution is 2.20. The molecule has 2 nitrogen and oxygen atoms in total. The Labute approximate surface area is 102 Å². The van der Waals surface area contributed by atoms with Crippen molar-refractivity contribution in [3.8, 4) is 11.1 Å². The number of nitrogens with two attached hydrogens (primary N) is 1. The maximum atomic E-state index is 5.54. The summed E-state index contributed by atoms with van der Waals surface area (Å²) in [5, 5.41) is 3.06. The minimum atomic E-state index is 0.935. The van der Waals surface area contributed by atoms with Crippen molar-refractivity contribution >= 4 is 5.70 Å². The summed E-state index contributed by atoms with van der Waals surface area (Å²) < 4.78 is 0. The van der Waals surface area contributed by atoms with Crippen LogP contribution in [0.2, 0.25) is 0 Å². The molecule has 2 rings (SSSR count). The molecule has 2 aromatic rings. The Morgan fingerprint density at radius 2 is 1.53 bits per heavy atom. The van der Waals surface area contributed by atoms with Gasteiger partial charge in [-0.1, -0.05) is 54.6 Å². The van der Waals surface area contributed by atoms with Crippen molar-refractivity contribution in [1.29, 1.82) is 0 Å². The van der Waals surface area contributed by atoms with Crippen LogP contribution in [0, 0.1) is 0 Å². The third-order valence-electron chi connectivity index (χ3n) is 2.74. The van der Waals surface area contributed by atoms with Crippen LogP contribution in [-0.4, -0.2) is 7.05 Å². The zero-order valence-corrected chi connectivity index (χ0v) is 9.85. The summed E-state index contributed by atoms with van der Waals surface area (Å²) in [7, 11) is 1.86. The van der Waals surface area contributed by atoms with E-state index in [-0.39, 0.29) is 0 Å². The molecule has 2 heteroatoms. The highest BCUT2D eigenvalue weighted by atomic mass is 14.8. The zero-order valence-electron chi connectivity index (χ0n) is 9.85. The molecule has 0 aliphatic rings.